The zero-order valence-corrected chi connectivity index (χ0v) is 19.9. The second-order valence-electron chi connectivity index (χ2n) is 9.68. The zero-order valence-electron chi connectivity index (χ0n) is 19.9. The van der Waals surface area contributed by atoms with Crippen molar-refractivity contribution in [2.45, 2.75) is 25.7 Å². The molecular weight excluding hydrogens is 444 g/mol. The number of rotatable bonds is 6. The number of nitrogens with zero attached hydrogens (tertiary/aromatic N) is 4. The van der Waals surface area contributed by atoms with Gasteiger partial charge < -0.3 is 25.8 Å². The molecule has 2 aromatic rings. The number of primary amides is 1. The fourth-order valence-electron chi connectivity index (χ4n) is 4.86. The summed E-state index contributed by atoms with van der Waals surface area (Å²) in [6.07, 6.45) is 5.49. The first kappa shape index (κ1) is 23.1. The van der Waals surface area contributed by atoms with Gasteiger partial charge in [-0.15, -0.1) is 0 Å². The van der Waals surface area contributed by atoms with Crippen molar-refractivity contribution in [2.24, 2.45) is 17.6 Å². The van der Waals surface area contributed by atoms with Gasteiger partial charge in [0.2, 0.25) is 11.8 Å². The minimum atomic E-state index is -0.253. The third-order valence-corrected chi connectivity index (χ3v) is 7.17. The number of nitrogens with one attached hydrogen (secondary N) is 1. The fourth-order valence-corrected chi connectivity index (χ4v) is 4.86. The van der Waals surface area contributed by atoms with E-state index >= 15 is 0 Å². The van der Waals surface area contributed by atoms with Crippen molar-refractivity contribution < 1.29 is 14.4 Å². The molecule has 0 spiro atoms. The molecule has 5 rings (SSSR count). The molecule has 1 aromatic heterocycles. The Morgan fingerprint density at radius 1 is 0.857 bits per heavy atom. The molecule has 9 nitrogen and oxygen atoms in total. The van der Waals surface area contributed by atoms with Gasteiger partial charge in [-0.3, -0.25) is 14.4 Å². The standard InChI is InChI=1S/C26H32N6O3/c27-24(33)20-2-1-11-32(17-20)22-8-5-18(6-9-22)25(34)29-21-7-10-23(28-16-21)30-12-14-31(15-13-30)26(35)19-3-4-19/h5-10,16,19-20H,1-4,11-15,17H2,(H2,27,33)(H,29,34). The quantitative estimate of drug-likeness (QED) is 0.660. The molecule has 3 amide bonds. The highest BCUT2D eigenvalue weighted by Crippen LogP contribution is 2.31. The Bertz CT molecular complexity index is 1080. The number of nitrogens with two attached hydrogens (primary N) is 1. The summed E-state index contributed by atoms with van der Waals surface area (Å²) in [5, 5.41) is 2.90. The SMILES string of the molecule is NC(=O)C1CCCN(c2ccc(C(=O)Nc3ccc(N4CCN(C(=O)C5CC5)CC4)nc3)cc2)C1. The fraction of sp³-hybridized carbons (Fsp3) is 0.462. The van der Waals surface area contributed by atoms with E-state index in [1.54, 1.807) is 18.3 Å². The van der Waals surface area contributed by atoms with Crippen LogP contribution in [0.5, 0.6) is 0 Å². The molecule has 1 aliphatic carbocycles. The molecule has 3 N–H and O–H groups in total. The molecule has 1 atom stereocenters. The molecule has 3 heterocycles. The van der Waals surface area contributed by atoms with Crippen LogP contribution in [-0.2, 0) is 9.59 Å². The number of benzene rings is 1. The van der Waals surface area contributed by atoms with Gasteiger partial charge in [-0.25, -0.2) is 4.98 Å². The van der Waals surface area contributed by atoms with Crippen LogP contribution in [-0.4, -0.2) is 66.9 Å². The van der Waals surface area contributed by atoms with Crippen molar-refractivity contribution >= 4 is 34.9 Å². The summed E-state index contributed by atoms with van der Waals surface area (Å²) in [5.41, 5.74) is 7.65. The van der Waals surface area contributed by atoms with Crippen molar-refractivity contribution in [3.05, 3.63) is 48.2 Å². The van der Waals surface area contributed by atoms with Crippen molar-refractivity contribution in [1.29, 1.82) is 0 Å². The van der Waals surface area contributed by atoms with Crippen LogP contribution in [0.3, 0.4) is 0 Å². The predicted octanol–water partition coefficient (Wildman–Crippen LogP) is 2.09. The highest BCUT2D eigenvalue weighted by Gasteiger charge is 2.34. The number of amides is 3. The minimum absolute atomic E-state index is 0.128. The normalized spacial score (nSPS) is 20.5. The predicted molar refractivity (Wildman–Crippen MR) is 134 cm³/mol. The Morgan fingerprint density at radius 3 is 2.23 bits per heavy atom. The van der Waals surface area contributed by atoms with E-state index in [4.69, 9.17) is 5.73 Å². The molecule has 2 saturated heterocycles. The number of anilines is 3. The van der Waals surface area contributed by atoms with E-state index in [9.17, 15) is 14.4 Å². The molecule has 0 radical (unpaired) electrons. The van der Waals surface area contributed by atoms with Crippen LogP contribution in [0.2, 0.25) is 0 Å². The average molecular weight is 477 g/mol. The highest BCUT2D eigenvalue weighted by molar-refractivity contribution is 6.04. The lowest BCUT2D eigenvalue weighted by molar-refractivity contribution is -0.132. The van der Waals surface area contributed by atoms with Gasteiger partial charge in [0.1, 0.15) is 5.82 Å². The number of pyridine rings is 1. The third kappa shape index (κ3) is 5.39. The lowest BCUT2D eigenvalue weighted by Gasteiger charge is -2.35. The van der Waals surface area contributed by atoms with Gasteiger partial charge >= 0.3 is 0 Å². The van der Waals surface area contributed by atoms with Crippen LogP contribution >= 0.6 is 0 Å². The molecule has 3 fully saturated rings. The maximum atomic E-state index is 12.7. The molecule has 1 unspecified atom stereocenters. The Labute approximate surface area is 205 Å². The van der Waals surface area contributed by atoms with E-state index in [-0.39, 0.29) is 23.7 Å². The van der Waals surface area contributed by atoms with Crippen LogP contribution in [0.4, 0.5) is 17.2 Å². The maximum Gasteiger partial charge on any atom is 0.255 e. The van der Waals surface area contributed by atoms with Crippen molar-refractivity contribution in [1.82, 2.24) is 9.88 Å². The second kappa shape index (κ2) is 9.93. The number of piperazine rings is 1. The van der Waals surface area contributed by atoms with Crippen LogP contribution in [0, 0.1) is 11.8 Å². The molecule has 9 heteroatoms. The lowest BCUT2D eigenvalue weighted by atomic mass is 9.97. The van der Waals surface area contributed by atoms with Gasteiger partial charge in [0.15, 0.2) is 0 Å². The summed E-state index contributed by atoms with van der Waals surface area (Å²) in [6.45, 7) is 4.48. The van der Waals surface area contributed by atoms with E-state index in [0.717, 1.165) is 69.9 Å². The van der Waals surface area contributed by atoms with Crippen molar-refractivity contribution in [2.75, 3.05) is 54.4 Å². The van der Waals surface area contributed by atoms with Gasteiger partial charge in [-0.05, 0) is 62.1 Å². The monoisotopic (exact) mass is 476 g/mol. The number of carbonyl (C=O) groups is 3. The molecule has 1 aromatic carbocycles. The molecule has 0 bridgehead atoms. The molecule has 3 aliphatic rings. The van der Waals surface area contributed by atoms with Crippen LogP contribution in [0.25, 0.3) is 0 Å². The third-order valence-electron chi connectivity index (χ3n) is 7.17. The number of piperidine rings is 1. The summed E-state index contributed by atoms with van der Waals surface area (Å²) in [5.74, 6) is 0.827. The first-order chi connectivity index (χ1) is 17.0. The molecule has 1 saturated carbocycles. The number of hydrogen-bond acceptors (Lipinski definition) is 6. The summed E-state index contributed by atoms with van der Waals surface area (Å²) >= 11 is 0. The Morgan fingerprint density at radius 2 is 1.60 bits per heavy atom. The second-order valence-corrected chi connectivity index (χ2v) is 9.68. The summed E-state index contributed by atoms with van der Waals surface area (Å²) in [7, 11) is 0. The first-order valence-corrected chi connectivity index (χ1v) is 12.4. The Kier molecular flexibility index (Phi) is 6.57. The molecule has 35 heavy (non-hydrogen) atoms. The lowest BCUT2D eigenvalue weighted by Crippen LogP contribution is -2.49. The molecule has 2 aliphatic heterocycles. The van der Waals surface area contributed by atoms with E-state index in [1.165, 1.54) is 0 Å². The van der Waals surface area contributed by atoms with E-state index in [1.807, 2.05) is 29.2 Å². The Balaban J connectivity index is 1.14. The van der Waals surface area contributed by atoms with Gasteiger partial charge in [0.25, 0.3) is 5.91 Å². The zero-order chi connectivity index (χ0) is 24.4. The van der Waals surface area contributed by atoms with Crippen LogP contribution in [0.1, 0.15) is 36.0 Å². The summed E-state index contributed by atoms with van der Waals surface area (Å²) < 4.78 is 0. The van der Waals surface area contributed by atoms with E-state index in [0.29, 0.717) is 23.7 Å². The molecular formula is C26H32N6O3. The summed E-state index contributed by atoms with van der Waals surface area (Å²) in [6, 6.07) is 11.2. The van der Waals surface area contributed by atoms with E-state index in [2.05, 4.69) is 20.1 Å². The van der Waals surface area contributed by atoms with Crippen LogP contribution in [0.15, 0.2) is 42.6 Å². The van der Waals surface area contributed by atoms with Crippen LogP contribution < -0.4 is 20.9 Å². The highest BCUT2D eigenvalue weighted by atomic mass is 16.2. The number of aromatic nitrogens is 1. The minimum Gasteiger partial charge on any atom is -0.371 e. The number of hydrogen-bond donors (Lipinski definition) is 2. The van der Waals surface area contributed by atoms with Gasteiger partial charge in [0.05, 0.1) is 17.8 Å². The molecule has 184 valence electrons. The van der Waals surface area contributed by atoms with E-state index < -0.39 is 0 Å². The van der Waals surface area contributed by atoms with Crippen molar-refractivity contribution in [3.63, 3.8) is 0 Å². The van der Waals surface area contributed by atoms with Gasteiger partial charge in [0, 0.05) is 56.4 Å². The van der Waals surface area contributed by atoms with Crippen molar-refractivity contribution in [3.8, 4) is 0 Å². The maximum absolute atomic E-state index is 12.7. The topological polar surface area (TPSA) is 112 Å². The first-order valence-electron chi connectivity index (χ1n) is 12.4. The smallest absolute Gasteiger partial charge is 0.255 e. The number of carbonyl (C=O) groups excluding carboxylic acids is 3. The summed E-state index contributed by atoms with van der Waals surface area (Å²) in [4.78, 5) is 47.3. The van der Waals surface area contributed by atoms with Gasteiger partial charge in [-0.2, -0.15) is 0 Å². The largest absolute Gasteiger partial charge is 0.371 e. The van der Waals surface area contributed by atoms with Gasteiger partial charge in [-0.1, -0.05) is 0 Å². The average Bonchev–Trinajstić information content (AvgIpc) is 3.75. The Hall–Kier alpha value is -3.62.